The molecule has 4 nitrogen and oxygen atoms in total. The summed E-state index contributed by atoms with van der Waals surface area (Å²) < 4.78 is 5.96. The predicted octanol–water partition coefficient (Wildman–Crippen LogP) is 3.45. The van der Waals surface area contributed by atoms with Crippen LogP contribution in [0.2, 0.25) is 0 Å². The van der Waals surface area contributed by atoms with Gasteiger partial charge < -0.3 is 15.2 Å². The second-order valence-corrected chi connectivity index (χ2v) is 6.53. The maximum absolute atomic E-state index is 11.5. The zero-order valence-electron chi connectivity index (χ0n) is 12.0. The van der Waals surface area contributed by atoms with Gasteiger partial charge in [0.15, 0.2) is 0 Å². The number of nitrogens with one attached hydrogen (secondary N) is 1. The van der Waals surface area contributed by atoms with E-state index in [1.807, 2.05) is 12.1 Å². The average Bonchev–Trinajstić information content (AvgIpc) is 3.17. The van der Waals surface area contributed by atoms with Gasteiger partial charge in [0.2, 0.25) is 0 Å². The van der Waals surface area contributed by atoms with E-state index in [1.54, 1.807) is 6.07 Å². The van der Waals surface area contributed by atoms with Gasteiger partial charge >= 0.3 is 5.97 Å². The normalized spacial score (nSPS) is 31.5. The minimum atomic E-state index is -0.859. The summed E-state index contributed by atoms with van der Waals surface area (Å²) in [7, 11) is 0. The van der Waals surface area contributed by atoms with Crippen LogP contribution in [0.1, 0.15) is 54.1 Å². The summed E-state index contributed by atoms with van der Waals surface area (Å²) in [6.45, 7) is 0.744. The summed E-state index contributed by atoms with van der Waals surface area (Å²) in [5.74, 6) is 0.268. The molecule has 21 heavy (non-hydrogen) atoms. The molecule has 0 radical (unpaired) electrons. The SMILES string of the molecule is O=C(O)c1cccc2c1C1OCCC1C(C1CCCC1)N2. The number of benzene rings is 1. The molecule has 3 aliphatic rings. The van der Waals surface area contributed by atoms with Gasteiger partial charge in [0.05, 0.1) is 11.7 Å². The van der Waals surface area contributed by atoms with Crippen molar-refractivity contribution in [1.29, 1.82) is 0 Å². The van der Waals surface area contributed by atoms with E-state index in [0.29, 0.717) is 23.4 Å². The molecule has 1 aliphatic carbocycles. The molecule has 2 N–H and O–H groups in total. The van der Waals surface area contributed by atoms with Crippen LogP contribution in [-0.2, 0) is 4.74 Å². The van der Waals surface area contributed by atoms with Crippen molar-refractivity contribution in [2.75, 3.05) is 11.9 Å². The lowest BCUT2D eigenvalue weighted by Crippen LogP contribution is -2.41. The highest BCUT2D eigenvalue weighted by molar-refractivity contribution is 5.92. The van der Waals surface area contributed by atoms with E-state index < -0.39 is 5.97 Å². The Bertz CT molecular complexity index is 565. The average molecular weight is 287 g/mol. The Morgan fingerprint density at radius 2 is 2.05 bits per heavy atom. The first-order valence-electron chi connectivity index (χ1n) is 8.00. The van der Waals surface area contributed by atoms with Gasteiger partial charge in [-0.05, 0) is 37.3 Å². The van der Waals surface area contributed by atoms with Gasteiger partial charge in [-0.25, -0.2) is 4.79 Å². The lowest BCUT2D eigenvalue weighted by Gasteiger charge is -2.40. The fourth-order valence-corrected chi connectivity index (χ4v) is 4.53. The maximum Gasteiger partial charge on any atom is 0.336 e. The van der Waals surface area contributed by atoms with Crippen LogP contribution in [0.25, 0.3) is 0 Å². The standard InChI is InChI=1S/C17H21NO3/c19-17(20)11-6-3-7-13-14(11)16-12(8-9-21-16)15(18-13)10-4-1-2-5-10/h3,6-7,10,12,15-16,18H,1-2,4-5,8-9H2,(H,19,20). The maximum atomic E-state index is 11.5. The summed E-state index contributed by atoms with van der Waals surface area (Å²) in [4.78, 5) is 11.5. The Kier molecular flexibility index (Phi) is 3.14. The third kappa shape index (κ3) is 2.04. The van der Waals surface area contributed by atoms with Crippen molar-refractivity contribution < 1.29 is 14.6 Å². The van der Waals surface area contributed by atoms with Gasteiger partial charge in [0.1, 0.15) is 0 Å². The molecule has 0 aromatic heterocycles. The van der Waals surface area contributed by atoms with Crippen molar-refractivity contribution in [2.24, 2.45) is 11.8 Å². The molecular formula is C17H21NO3. The number of hydrogen-bond donors (Lipinski definition) is 2. The molecule has 2 fully saturated rings. The molecule has 112 valence electrons. The van der Waals surface area contributed by atoms with Crippen LogP contribution in [-0.4, -0.2) is 23.7 Å². The summed E-state index contributed by atoms with van der Waals surface area (Å²) >= 11 is 0. The number of carbonyl (C=O) groups is 1. The fraction of sp³-hybridized carbons (Fsp3) is 0.588. The number of rotatable bonds is 2. The topological polar surface area (TPSA) is 58.6 Å². The minimum Gasteiger partial charge on any atom is -0.478 e. The lowest BCUT2D eigenvalue weighted by molar-refractivity contribution is 0.0640. The molecule has 3 atom stereocenters. The van der Waals surface area contributed by atoms with Crippen molar-refractivity contribution >= 4 is 11.7 Å². The largest absolute Gasteiger partial charge is 0.478 e. The highest BCUT2D eigenvalue weighted by Crippen LogP contribution is 2.49. The minimum absolute atomic E-state index is 0.0425. The Labute approximate surface area is 124 Å². The van der Waals surface area contributed by atoms with Gasteiger partial charge in [-0.15, -0.1) is 0 Å². The van der Waals surface area contributed by atoms with E-state index in [0.717, 1.165) is 24.3 Å². The monoisotopic (exact) mass is 287 g/mol. The molecule has 0 amide bonds. The predicted molar refractivity (Wildman–Crippen MR) is 79.6 cm³/mol. The molecule has 2 aliphatic heterocycles. The van der Waals surface area contributed by atoms with Crippen LogP contribution in [0.4, 0.5) is 5.69 Å². The number of anilines is 1. The Balaban J connectivity index is 1.76. The van der Waals surface area contributed by atoms with Crippen molar-refractivity contribution in [3.63, 3.8) is 0 Å². The molecule has 1 saturated carbocycles. The van der Waals surface area contributed by atoms with Crippen LogP contribution in [0, 0.1) is 11.8 Å². The number of carboxylic acids is 1. The third-order valence-electron chi connectivity index (χ3n) is 5.45. The smallest absolute Gasteiger partial charge is 0.336 e. The lowest BCUT2D eigenvalue weighted by atomic mass is 9.76. The van der Waals surface area contributed by atoms with Crippen LogP contribution in [0.15, 0.2) is 18.2 Å². The Hall–Kier alpha value is -1.55. The number of carboxylic acid groups (broad SMARTS) is 1. The van der Waals surface area contributed by atoms with Crippen molar-refractivity contribution in [3.05, 3.63) is 29.3 Å². The highest BCUT2D eigenvalue weighted by atomic mass is 16.5. The third-order valence-corrected chi connectivity index (χ3v) is 5.45. The van der Waals surface area contributed by atoms with Crippen LogP contribution in [0.5, 0.6) is 0 Å². The van der Waals surface area contributed by atoms with E-state index in [-0.39, 0.29) is 6.10 Å². The molecule has 4 heteroatoms. The second-order valence-electron chi connectivity index (χ2n) is 6.53. The first-order valence-corrected chi connectivity index (χ1v) is 8.00. The van der Waals surface area contributed by atoms with Crippen LogP contribution < -0.4 is 5.32 Å². The van der Waals surface area contributed by atoms with Gasteiger partial charge in [0.25, 0.3) is 0 Å². The molecule has 0 spiro atoms. The zero-order valence-corrected chi connectivity index (χ0v) is 12.0. The molecule has 3 unspecified atom stereocenters. The molecule has 4 rings (SSSR count). The molecule has 1 aromatic carbocycles. The summed E-state index contributed by atoms with van der Waals surface area (Å²) in [5, 5.41) is 13.1. The number of ether oxygens (including phenoxy) is 1. The van der Waals surface area contributed by atoms with E-state index in [4.69, 9.17) is 4.74 Å². The van der Waals surface area contributed by atoms with E-state index in [2.05, 4.69) is 5.32 Å². The van der Waals surface area contributed by atoms with Gasteiger partial charge in [-0.2, -0.15) is 0 Å². The molecule has 1 aromatic rings. The first-order chi connectivity index (χ1) is 10.3. The van der Waals surface area contributed by atoms with Gasteiger partial charge in [-0.3, -0.25) is 0 Å². The van der Waals surface area contributed by atoms with Crippen molar-refractivity contribution in [3.8, 4) is 0 Å². The van der Waals surface area contributed by atoms with Crippen LogP contribution in [0.3, 0.4) is 0 Å². The molecule has 0 bridgehead atoms. The summed E-state index contributed by atoms with van der Waals surface area (Å²) in [6, 6.07) is 5.96. The van der Waals surface area contributed by atoms with Crippen molar-refractivity contribution in [2.45, 2.75) is 44.2 Å². The molecule has 1 saturated heterocycles. The number of fused-ring (bicyclic) bond motifs is 3. The highest BCUT2D eigenvalue weighted by Gasteiger charge is 2.45. The second kappa shape index (κ2) is 5.02. The Morgan fingerprint density at radius 3 is 2.81 bits per heavy atom. The quantitative estimate of drug-likeness (QED) is 0.874. The first kappa shape index (κ1) is 13.1. The number of aromatic carboxylic acids is 1. The van der Waals surface area contributed by atoms with Crippen molar-refractivity contribution in [1.82, 2.24) is 0 Å². The summed E-state index contributed by atoms with van der Waals surface area (Å²) in [5.41, 5.74) is 2.22. The van der Waals surface area contributed by atoms with Gasteiger partial charge in [-0.1, -0.05) is 18.9 Å². The summed E-state index contributed by atoms with van der Waals surface area (Å²) in [6.07, 6.45) is 6.21. The number of hydrogen-bond acceptors (Lipinski definition) is 3. The van der Waals surface area contributed by atoms with E-state index in [9.17, 15) is 9.90 Å². The van der Waals surface area contributed by atoms with E-state index >= 15 is 0 Å². The Morgan fingerprint density at radius 1 is 1.24 bits per heavy atom. The van der Waals surface area contributed by atoms with E-state index in [1.165, 1.54) is 25.7 Å². The van der Waals surface area contributed by atoms with Crippen LogP contribution >= 0.6 is 0 Å². The fourth-order valence-electron chi connectivity index (χ4n) is 4.53. The molecule has 2 heterocycles. The zero-order chi connectivity index (χ0) is 14.4. The van der Waals surface area contributed by atoms with Gasteiger partial charge in [0, 0.05) is 29.8 Å². The molecular weight excluding hydrogens is 266 g/mol.